The number of hydrogen-bond donors (Lipinski definition) is 1. The highest BCUT2D eigenvalue weighted by Crippen LogP contribution is 2.32. The predicted molar refractivity (Wildman–Crippen MR) is 68.3 cm³/mol. The molecule has 1 unspecified atom stereocenters. The Morgan fingerprint density at radius 1 is 1.32 bits per heavy atom. The Morgan fingerprint density at radius 3 is 2.74 bits per heavy atom. The van der Waals surface area contributed by atoms with Crippen LogP contribution in [0.25, 0.3) is 0 Å². The van der Waals surface area contributed by atoms with Gasteiger partial charge in [-0.2, -0.15) is 0 Å². The van der Waals surface area contributed by atoms with Gasteiger partial charge in [0.2, 0.25) is 5.91 Å². The second-order valence-corrected chi connectivity index (χ2v) is 5.29. The minimum atomic E-state index is -0.693. The molecule has 1 aromatic carbocycles. The molecule has 2 fully saturated rings. The largest absolute Gasteiger partial charge is 0.371 e. The molecular formula is C13H12ClFN2O2. The first-order valence-corrected chi connectivity index (χ1v) is 6.51. The van der Waals surface area contributed by atoms with E-state index in [1.807, 2.05) is 0 Å². The Morgan fingerprint density at radius 2 is 2.05 bits per heavy atom. The standard InChI is InChI=1S/C13H12ClFN2O2/c14-7-1-4-9(15)10(5-7)16-11-6-12(18)17(13(11)19)8-2-3-8/h1,4-5,8,11,16H,2-3,6H2. The van der Waals surface area contributed by atoms with Crippen molar-refractivity contribution in [2.75, 3.05) is 5.32 Å². The molecule has 1 aliphatic carbocycles. The summed E-state index contributed by atoms with van der Waals surface area (Å²) in [5.74, 6) is -0.950. The van der Waals surface area contributed by atoms with E-state index in [0.29, 0.717) is 5.02 Å². The van der Waals surface area contributed by atoms with Crippen LogP contribution in [0.15, 0.2) is 18.2 Å². The SMILES string of the molecule is O=C1CC(Nc2cc(Cl)ccc2F)C(=O)N1C1CC1. The Labute approximate surface area is 114 Å². The van der Waals surface area contributed by atoms with Gasteiger partial charge in [-0.05, 0) is 31.0 Å². The molecule has 6 heteroatoms. The Hall–Kier alpha value is -1.62. The van der Waals surface area contributed by atoms with Gasteiger partial charge < -0.3 is 5.32 Å². The quantitative estimate of drug-likeness (QED) is 0.865. The number of imide groups is 1. The smallest absolute Gasteiger partial charge is 0.252 e. The molecule has 2 amide bonds. The van der Waals surface area contributed by atoms with E-state index < -0.39 is 11.9 Å². The maximum absolute atomic E-state index is 13.6. The lowest BCUT2D eigenvalue weighted by molar-refractivity contribution is -0.139. The average Bonchev–Trinajstić information content (AvgIpc) is 3.13. The van der Waals surface area contributed by atoms with Crippen molar-refractivity contribution >= 4 is 29.1 Å². The maximum atomic E-state index is 13.6. The number of likely N-dealkylation sites (tertiary alicyclic amines) is 1. The van der Waals surface area contributed by atoms with Crippen LogP contribution >= 0.6 is 11.6 Å². The molecule has 1 aliphatic heterocycles. The van der Waals surface area contributed by atoms with Crippen LogP contribution in [-0.4, -0.2) is 28.8 Å². The fourth-order valence-electron chi connectivity index (χ4n) is 2.28. The molecule has 19 heavy (non-hydrogen) atoms. The number of carbonyl (C=O) groups is 2. The van der Waals surface area contributed by atoms with E-state index in [2.05, 4.69) is 5.32 Å². The maximum Gasteiger partial charge on any atom is 0.252 e. The number of benzene rings is 1. The molecule has 1 atom stereocenters. The van der Waals surface area contributed by atoms with Crippen LogP contribution in [0.3, 0.4) is 0 Å². The third-order valence-electron chi connectivity index (χ3n) is 3.35. The Kier molecular flexibility index (Phi) is 2.93. The lowest BCUT2D eigenvalue weighted by atomic mass is 10.2. The topological polar surface area (TPSA) is 49.4 Å². The minimum Gasteiger partial charge on any atom is -0.371 e. The number of carbonyl (C=O) groups excluding carboxylic acids is 2. The summed E-state index contributed by atoms with van der Waals surface area (Å²) in [5, 5.41) is 3.15. The summed E-state index contributed by atoms with van der Waals surface area (Å²) in [5.41, 5.74) is 0.149. The number of halogens is 2. The van der Waals surface area contributed by atoms with Gasteiger partial charge in [-0.1, -0.05) is 11.6 Å². The van der Waals surface area contributed by atoms with Gasteiger partial charge in [0.15, 0.2) is 0 Å². The van der Waals surface area contributed by atoms with Crippen LogP contribution in [0.1, 0.15) is 19.3 Å². The number of nitrogens with one attached hydrogen (secondary N) is 1. The summed E-state index contributed by atoms with van der Waals surface area (Å²) in [6.07, 6.45) is 1.81. The second-order valence-electron chi connectivity index (χ2n) is 4.86. The Bertz CT molecular complexity index is 560. The van der Waals surface area contributed by atoms with E-state index in [0.717, 1.165) is 12.8 Å². The van der Waals surface area contributed by atoms with Crippen LogP contribution in [0.4, 0.5) is 10.1 Å². The summed E-state index contributed by atoms with van der Waals surface area (Å²) in [7, 11) is 0. The summed E-state index contributed by atoms with van der Waals surface area (Å²) >= 11 is 5.79. The van der Waals surface area contributed by atoms with Crippen LogP contribution in [0.5, 0.6) is 0 Å². The molecule has 2 aliphatic rings. The van der Waals surface area contributed by atoms with E-state index in [1.54, 1.807) is 0 Å². The van der Waals surface area contributed by atoms with Crippen LogP contribution < -0.4 is 5.32 Å². The van der Waals surface area contributed by atoms with Crippen molar-refractivity contribution < 1.29 is 14.0 Å². The molecule has 1 aromatic rings. The average molecular weight is 283 g/mol. The monoisotopic (exact) mass is 282 g/mol. The van der Waals surface area contributed by atoms with E-state index >= 15 is 0 Å². The third-order valence-corrected chi connectivity index (χ3v) is 3.59. The van der Waals surface area contributed by atoms with Gasteiger partial charge in [0.05, 0.1) is 12.1 Å². The first-order chi connectivity index (χ1) is 9.06. The summed E-state index contributed by atoms with van der Waals surface area (Å²) in [6, 6.07) is 3.43. The van der Waals surface area contributed by atoms with Crippen molar-refractivity contribution in [2.24, 2.45) is 0 Å². The van der Waals surface area contributed by atoms with Crippen molar-refractivity contribution in [3.05, 3.63) is 29.0 Å². The highest BCUT2D eigenvalue weighted by Gasteiger charge is 2.46. The molecule has 1 saturated carbocycles. The van der Waals surface area contributed by atoms with Gasteiger partial charge in [0, 0.05) is 11.1 Å². The lowest BCUT2D eigenvalue weighted by Gasteiger charge is -2.15. The summed E-state index contributed by atoms with van der Waals surface area (Å²) in [6.45, 7) is 0. The third kappa shape index (κ3) is 2.30. The first kappa shape index (κ1) is 12.4. The normalized spacial score (nSPS) is 23.1. The molecule has 3 rings (SSSR count). The van der Waals surface area contributed by atoms with Crippen molar-refractivity contribution in [2.45, 2.75) is 31.3 Å². The van der Waals surface area contributed by atoms with Crippen LogP contribution in [0, 0.1) is 5.82 Å². The predicted octanol–water partition coefficient (Wildman–Crippen LogP) is 2.18. The molecule has 4 nitrogen and oxygen atoms in total. The van der Waals surface area contributed by atoms with E-state index in [-0.39, 0.29) is 30.0 Å². The lowest BCUT2D eigenvalue weighted by Crippen LogP contribution is -2.36. The van der Waals surface area contributed by atoms with Crippen molar-refractivity contribution in [3.8, 4) is 0 Å². The summed E-state index contributed by atoms with van der Waals surface area (Å²) < 4.78 is 13.6. The fourth-order valence-corrected chi connectivity index (χ4v) is 2.45. The second kappa shape index (κ2) is 4.49. The molecule has 0 aromatic heterocycles. The van der Waals surface area contributed by atoms with Gasteiger partial charge in [-0.3, -0.25) is 14.5 Å². The molecular weight excluding hydrogens is 271 g/mol. The minimum absolute atomic E-state index is 0.0519. The van der Waals surface area contributed by atoms with Gasteiger partial charge >= 0.3 is 0 Å². The number of amides is 2. The zero-order valence-corrected chi connectivity index (χ0v) is 10.8. The number of nitrogens with zero attached hydrogens (tertiary/aromatic N) is 1. The zero-order valence-electron chi connectivity index (χ0n) is 10.0. The first-order valence-electron chi connectivity index (χ1n) is 6.14. The highest BCUT2D eigenvalue weighted by molar-refractivity contribution is 6.30. The number of rotatable bonds is 3. The van der Waals surface area contributed by atoms with Crippen molar-refractivity contribution in [3.63, 3.8) is 0 Å². The van der Waals surface area contributed by atoms with Gasteiger partial charge in [-0.25, -0.2) is 4.39 Å². The number of anilines is 1. The molecule has 0 spiro atoms. The van der Waals surface area contributed by atoms with Crippen LogP contribution in [0.2, 0.25) is 5.02 Å². The van der Waals surface area contributed by atoms with Gasteiger partial charge in [-0.15, -0.1) is 0 Å². The van der Waals surface area contributed by atoms with Gasteiger partial charge in [0.25, 0.3) is 5.91 Å². The number of hydrogen-bond acceptors (Lipinski definition) is 3. The van der Waals surface area contributed by atoms with E-state index in [1.165, 1.54) is 23.1 Å². The summed E-state index contributed by atoms with van der Waals surface area (Å²) in [4.78, 5) is 25.2. The Balaban J connectivity index is 1.78. The van der Waals surface area contributed by atoms with Crippen LogP contribution in [-0.2, 0) is 9.59 Å². The molecule has 0 radical (unpaired) electrons. The zero-order chi connectivity index (χ0) is 13.6. The van der Waals surface area contributed by atoms with E-state index in [4.69, 9.17) is 11.6 Å². The fraction of sp³-hybridized carbons (Fsp3) is 0.385. The molecule has 0 bridgehead atoms. The molecule has 1 saturated heterocycles. The molecule has 1 N–H and O–H groups in total. The van der Waals surface area contributed by atoms with Crippen molar-refractivity contribution in [1.82, 2.24) is 4.90 Å². The molecule has 100 valence electrons. The molecule has 1 heterocycles. The van der Waals surface area contributed by atoms with E-state index in [9.17, 15) is 14.0 Å². The van der Waals surface area contributed by atoms with Crippen molar-refractivity contribution in [1.29, 1.82) is 0 Å². The van der Waals surface area contributed by atoms with Gasteiger partial charge in [0.1, 0.15) is 11.9 Å². The highest BCUT2D eigenvalue weighted by atomic mass is 35.5.